The molecule has 0 bridgehead atoms. The molecule has 0 spiro atoms. The molecule has 0 radical (unpaired) electrons. The molecule has 2 nitrogen and oxygen atoms in total. The molecule has 2 rings (SSSR count). The normalized spacial score (nSPS) is 18.5. The average Bonchev–Trinajstić information content (AvgIpc) is 2.83. The molecule has 1 aliphatic carbocycles. The van der Waals surface area contributed by atoms with E-state index in [-0.39, 0.29) is 17.5 Å². The lowest BCUT2D eigenvalue weighted by Gasteiger charge is -2.07. The highest BCUT2D eigenvalue weighted by molar-refractivity contribution is 7.85. The molecule has 1 fully saturated rings. The maximum atomic E-state index is 11.9. The third-order valence-electron chi connectivity index (χ3n) is 3.09. The van der Waals surface area contributed by atoms with Crippen molar-refractivity contribution in [1.29, 1.82) is 0 Å². The van der Waals surface area contributed by atoms with Crippen molar-refractivity contribution in [2.75, 3.05) is 5.75 Å². The van der Waals surface area contributed by atoms with Gasteiger partial charge in [-0.1, -0.05) is 31.0 Å². The first-order valence-corrected chi connectivity index (χ1v) is 7.05. The Morgan fingerprint density at radius 1 is 1.19 bits per heavy atom. The SMILES string of the molecule is O=C(CS(=O)c1ccccc1)C1CCCC1. The van der Waals surface area contributed by atoms with E-state index in [0.29, 0.717) is 0 Å². The molecule has 3 heteroatoms. The zero-order valence-corrected chi connectivity index (χ0v) is 10.0. The van der Waals surface area contributed by atoms with Gasteiger partial charge in [-0.25, -0.2) is 0 Å². The van der Waals surface area contributed by atoms with Gasteiger partial charge in [0.25, 0.3) is 0 Å². The molecule has 0 heterocycles. The molecule has 0 aromatic heterocycles. The van der Waals surface area contributed by atoms with E-state index in [2.05, 4.69) is 0 Å². The Morgan fingerprint density at radius 3 is 2.44 bits per heavy atom. The fourth-order valence-corrected chi connectivity index (χ4v) is 3.27. The Balaban J connectivity index is 1.94. The third-order valence-corrected chi connectivity index (χ3v) is 4.43. The minimum atomic E-state index is -1.16. The third kappa shape index (κ3) is 2.79. The van der Waals surface area contributed by atoms with Crippen molar-refractivity contribution in [2.45, 2.75) is 30.6 Å². The van der Waals surface area contributed by atoms with E-state index in [1.807, 2.05) is 30.3 Å². The summed E-state index contributed by atoms with van der Waals surface area (Å²) in [7, 11) is -1.16. The fourth-order valence-electron chi connectivity index (χ4n) is 2.15. The monoisotopic (exact) mass is 236 g/mol. The van der Waals surface area contributed by atoms with Crippen LogP contribution in [0, 0.1) is 5.92 Å². The molecule has 0 amide bonds. The van der Waals surface area contributed by atoms with Gasteiger partial charge < -0.3 is 0 Å². The van der Waals surface area contributed by atoms with Gasteiger partial charge >= 0.3 is 0 Å². The Labute approximate surface area is 98.5 Å². The molecule has 1 atom stereocenters. The molecule has 1 aromatic rings. The second-order valence-electron chi connectivity index (χ2n) is 4.25. The second kappa shape index (κ2) is 5.39. The van der Waals surface area contributed by atoms with Gasteiger partial charge in [-0.2, -0.15) is 0 Å². The second-order valence-corrected chi connectivity index (χ2v) is 5.70. The number of carbonyl (C=O) groups is 1. The van der Waals surface area contributed by atoms with Crippen LogP contribution in [0.3, 0.4) is 0 Å². The van der Waals surface area contributed by atoms with Crippen molar-refractivity contribution in [3.63, 3.8) is 0 Å². The van der Waals surface area contributed by atoms with Crippen molar-refractivity contribution < 1.29 is 9.00 Å². The number of ketones is 1. The summed E-state index contributed by atoms with van der Waals surface area (Å²) in [6.45, 7) is 0. The summed E-state index contributed by atoms with van der Waals surface area (Å²) in [6, 6.07) is 9.23. The van der Waals surface area contributed by atoms with Gasteiger partial charge in [-0.15, -0.1) is 0 Å². The van der Waals surface area contributed by atoms with Crippen LogP contribution in [0.25, 0.3) is 0 Å². The smallest absolute Gasteiger partial charge is 0.148 e. The highest BCUT2D eigenvalue weighted by atomic mass is 32.2. The van der Waals surface area contributed by atoms with Crippen molar-refractivity contribution in [3.8, 4) is 0 Å². The minimum absolute atomic E-state index is 0.174. The number of carbonyl (C=O) groups excluding carboxylic acids is 1. The largest absolute Gasteiger partial charge is 0.298 e. The van der Waals surface area contributed by atoms with E-state index in [0.717, 1.165) is 30.6 Å². The van der Waals surface area contributed by atoms with Gasteiger partial charge in [0.15, 0.2) is 0 Å². The first-order chi connectivity index (χ1) is 7.77. The lowest BCUT2D eigenvalue weighted by atomic mass is 10.0. The predicted molar refractivity (Wildman–Crippen MR) is 64.7 cm³/mol. The summed E-state index contributed by atoms with van der Waals surface area (Å²) in [5.41, 5.74) is 0. The lowest BCUT2D eigenvalue weighted by molar-refractivity contribution is -0.120. The van der Waals surface area contributed by atoms with Gasteiger partial charge in [-0.05, 0) is 25.0 Å². The molecule has 0 N–H and O–H groups in total. The van der Waals surface area contributed by atoms with Gasteiger partial charge in [0.05, 0.1) is 16.6 Å². The fraction of sp³-hybridized carbons (Fsp3) is 0.462. The van der Waals surface area contributed by atoms with Gasteiger partial charge in [0, 0.05) is 10.8 Å². The van der Waals surface area contributed by atoms with E-state index >= 15 is 0 Å². The molecule has 1 saturated carbocycles. The van der Waals surface area contributed by atoms with Crippen LogP contribution in [0.2, 0.25) is 0 Å². The van der Waals surface area contributed by atoms with Gasteiger partial charge in [0.2, 0.25) is 0 Å². The van der Waals surface area contributed by atoms with E-state index in [1.54, 1.807) is 0 Å². The molecular weight excluding hydrogens is 220 g/mol. The summed E-state index contributed by atoms with van der Waals surface area (Å²) >= 11 is 0. The number of benzene rings is 1. The maximum absolute atomic E-state index is 11.9. The number of hydrogen-bond donors (Lipinski definition) is 0. The molecule has 86 valence electrons. The topological polar surface area (TPSA) is 34.1 Å². The van der Waals surface area contributed by atoms with Crippen LogP contribution in [0.4, 0.5) is 0 Å². The Kier molecular flexibility index (Phi) is 3.88. The zero-order chi connectivity index (χ0) is 11.4. The zero-order valence-electron chi connectivity index (χ0n) is 9.22. The molecular formula is C13H16O2S. The Hall–Kier alpha value is -0.960. The number of rotatable bonds is 4. The molecule has 16 heavy (non-hydrogen) atoms. The van der Waals surface area contributed by atoms with E-state index in [1.165, 1.54) is 0 Å². The highest BCUT2D eigenvalue weighted by Gasteiger charge is 2.24. The maximum Gasteiger partial charge on any atom is 0.148 e. The first-order valence-electron chi connectivity index (χ1n) is 5.73. The van der Waals surface area contributed by atoms with Crippen LogP contribution in [-0.2, 0) is 15.6 Å². The number of hydrogen-bond acceptors (Lipinski definition) is 2. The van der Waals surface area contributed by atoms with Crippen molar-refractivity contribution in [3.05, 3.63) is 30.3 Å². The predicted octanol–water partition coefficient (Wildman–Crippen LogP) is 2.55. The minimum Gasteiger partial charge on any atom is -0.298 e. The number of Topliss-reactive ketones (excluding diaryl/α,β-unsaturated/α-hetero) is 1. The summed E-state index contributed by atoms with van der Waals surface area (Å²) < 4.78 is 11.9. The Morgan fingerprint density at radius 2 is 1.81 bits per heavy atom. The van der Waals surface area contributed by atoms with E-state index in [9.17, 15) is 9.00 Å². The summed E-state index contributed by atoms with van der Waals surface area (Å²) in [4.78, 5) is 12.6. The van der Waals surface area contributed by atoms with E-state index < -0.39 is 10.8 Å². The molecule has 0 aliphatic heterocycles. The molecule has 1 unspecified atom stereocenters. The lowest BCUT2D eigenvalue weighted by Crippen LogP contribution is -2.18. The van der Waals surface area contributed by atoms with Crippen LogP contribution < -0.4 is 0 Å². The van der Waals surface area contributed by atoms with Gasteiger partial charge in [-0.3, -0.25) is 9.00 Å². The van der Waals surface area contributed by atoms with Crippen molar-refractivity contribution in [2.24, 2.45) is 5.92 Å². The van der Waals surface area contributed by atoms with Gasteiger partial charge in [0.1, 0.15) is 5.78 Å². The Bertz CT molecular complexity index is 380. The molecule has 1 aliphatic rings. The van der Waals surface area contributed by atoms with Crippen LogP contribution in [0.1, 0.15) is 25.7 Å². The quantitative estimate of drug-likeness (QED) is 0.805. The summed E-state index contributed by atoms with van der Waals surface area (Å²) in [5, 5.41) is 0. The van der Waals surface area contributed by atoms with Crippen LogP contribution >= 0.6 is 0 Å². The van der Waals surface area contributed by atoms with Crippen molar-refractivity contribution in [1.82, 2.24) is 0 Å². The first kappa shape index (κ1) is 11.5. The van der Waals surface area contributed by atoms with E-state index in [4.69, 9.17) is 0 Å². The standard InChI is InChI=1S/C13H16O2S/c14-13(11-6-4-5-7-11)10-16(15)12-8-2-1-3-9-12/h1-3,8-9,11H,4-7,10H2. The van der Waals surface area contributed by atoms with Crippen LogP contribution in [-0.4, -0.2) is 15.7 Å². The summed E-state index contributed by atoms with van der Waals surface area (Å²) in [6.07, 6.45) is 4.28. The molecule has 1 aromatic carbocycles. The highest BCUT2D eigenvalue weighted by Crippen LogP contribution is 2.26. The van der Waals surface area contributed by atoms with Crippen LogP contribution in [0.5, 0.6) is 0 Å². The van der Waals surface area contributed by atoms with Crippen LogP contribution in [0.15, 0.2) is 35.2 Å². The van der Waals surface area contributed by atoms with Crippen molar-refractivity contribution >= 4 is 16.6 Å². The molecule has 0 saturated heterocycles. The average molecular weight is 236 g/mol. The summed E-state index contributed by atoms with van der Waals surface area (Å²) in [5.74, 6) is 0.543.